The largest absolute Gasteiger partial charge is 0.340 e. The van der Waals surface area contributed by atoms with Gasteiger partial charge in [-0.3, -0.25) is 4.79 Å². The van der Waals surface area contributed by atoms with Crippen molar-refractivity contribution in [3.8, 4) is 17.2 Å². The van der Waals surface area contributed by atoms with Gasteiger partial charge in [-0.25, -0.2) is 0 Å². The van der Waals surface area contributed by atoms with Gasteiger partial charge >= 0.3 is 0 Å². The molecular formula is C24H24N2O. The Morgan fingerprint density at radius 1 is 1.11 bits per heavy atom. The normalized spacial score (nSPS) is 25.5. The molecule has 0 radical (unpaired) electrons. The van der Waals surface area contributed by atoms with E-state index in [1.165, 1.54) is 41.5 Å². The molecule has 3 nitrogen and oxygen atoms in total. The zero-order valence-corrected chi connectivity index (χ0v) is 15.4. The van der Waals surface area contributed by atoms with Gasteiger partial charge in [0.1, 0.15) is 6.04 Å². The molecule has 0 aliphatic heterocycles. The SMILES string of the molecule is N#CC(Cc1ccc2c(c1)-c1ccccc1C2)NC(=O)C1C[C@@H]2CC[C@H]1C2. The van der Waals surface area contributed by atoms with E-state index in [2.05, 4.69) is 53.9 Å². The maximum absolute atomic E-state index is 12.7. The van der Waals surface area contributed by atoms with Crippen LogP contribution in [0.15, 0.2) is 42.5 Å². The Hall–Kier alpha value is -2.60. The van der Waals surface area contributed by atoms with Crippen LogP contribution in [0.3, 0.4) is 0 Å². The van der Waals surface area contributed by atoms with Crippen molar-refractivity contribution in [2.45, 2.75) is 44.6 Å². The van der Waals surface area contributed by atoms with Gasteiger partial charge in [-0.05, 0) is 65.3 Å². The van der Waals surface area contributed by atoms with E-state index in [-0.39, 0.29) is 11.8 Å². The second kappa shape index (κ2) is 6.53. The first-order valence-electron chi connectivity index (χ1n) is 10.1. The van der Waals surface area contributed by atoms with E-state index < -0.39 is 6.04 Å². The summed E-state index contributed by atoms with van der Waals surface area (Å²) in [5.74, 6) is 1.51. The molecule has 27 heavy (non-hydrogen) atoms. The number of amides is 1. The number of nitriles is 1. The predicted octanol–water partition coefficient (Wildman–Crippen LogP) is 4.24. The molecule has 2 saturated carbocycles. The summed E-state index contributed by atoms with van der Waals surface area (Å²) in [6.07, 6.45) is 6.24. The van der Waals surface area contributed by atoms with Crippen LogP contribution in [0.25, 0.3) is 11.1 Å². The van der Waals surface area contributed by atoms with Crippen molar-refractivity contribution < 1.29 is 4.79 Å². The van der Waals surface area contributed by atoms with Crippen LogP contribution in [0.1, 0.15) is 42.4 Å². The quantitative estimate of drug-likeness (QED) is 0.760. The summed E-state index contributed by atoms with van der Waals surface area (Å²) >= 11 is 0. The lowest BCUT2D eigenvalue weighted by Gasteiger charge is -2.22. The van der Waals surface area contributed by atoms with Gasteiger partial charge in [0.15, 0.2) is 0 Å². The van der Waals surface area contributed by atoms with Gasteiger partial charge in [-0.1, -0.05) is 48.9 Å². The number of benzene rings is 2. The number of rotatable bonds is 4. The summed E-state index contributed by atoms with van der Waals surface area (Å²) in [5.41, 5.74) is 6.41. The Balaban J connectivity index is 1.30. The summed E-state index contributed by atoms with van der Waals surface area (Å²) < 4.78 is 0. The van der Waals surface area contributed by atoms with E-state index >= 15 is 0 Å². The van der Waals surface area contributed by atoms with Crippen molar-refractivity contribution in [1.82, 2.24) is 5.32 Å². The minimum atomic E-state index is -0.452. The van der Waals surface area contributed by atoms with Crippen LogP contribution in [-0.2, 0) is 17.6 Å². The highest BCUT2D eigenvalue weighted by molar-refractivity contribution is 5.80. The van der Waals surface area contributed by atoms with Gasteiger partial charge in [-0.15, -0.1) is 0 Å². The number of nitrogens with zero attached hydrogens (tertiary/aromatic N) is 1. The van der Waals surface area contributed by atoms with E-state index in [9.17, 15) is 10.1 Å². The number of nitrogens with one attached hydrogen (secondary N) is 1. The van der Waals surface area contributed by atoms with Crippen LogP contribution >= 0.6 is 0 Å². The summed E-state index contributed by atoms with van der Waals surface area (Å²) in [6.45, 7) is 0. The molecule has 2 aromatic rings. The van der Waals surface area contributed by atoms with Gasteiger partial charge in [0.05, 0.1) is 6.07 Å². The smallest absolute Gasteiger partial charge is 0.224 e. The Bertz CT molecular complexity index is 942. The summed E-state index contributed by atoms with van der Waals surface area (Å²) in [4.78, 5) is 12.7. The molecule has 0 aromatic heterocycles. The molecule has 2 aromatic carbocycles. The summed E-state index contributed by atoms with van der Waals surface area (Å²) in [6, 6.07) is 16.9. The molecular weight excluding hydrogens is 332 g/mol. The molecule has 3 aliphatic carbocycles. The number of carbonyl (C=O) groups is 1. The van der Waals surface area contributed by atoms with Gasteiger partial charge in [0, 0.05) is 12.3 Å². The van der Waals surface area contributed by atoms with E-state index in [4.69, 9.17) is 0 Å². The highest BCUT2D eigenvalue weighted by atomic mass is 16.2. The average Bonchev–Trinajstić information content (AvgIpc) is 3.41. The van der Waals surface area contributed by atoms with E-state index in [1.807, 2.05) is 0 Å². The Morgan fingerprint density at radius 2 is 1.96 bits per heavy atom. The number of hydrogen-bond donors (Lipinski definition) is 1. The van der Waals surface area contributed by atoms with Crippen LogP contribution in [0, 0.1) is 29.1 Å². The van der Waals surface area contributed by atoms with Crippen LogP contribution in [0.4, 0.5) is 0 Å². The van der Waals surface area contributed by atoms with E-state index in [1.54, 1.807) is 0 Å². The number of hydrogen-bond acceptors (Lipinski definition) is 2. The molecule has 136 valence electrons. The molecule has 5 rings (SSSR count). The third-order valence-corrected chi connectivity index (χ3v) is 6.85. The third-order valence-electron chi connectivity index (χ3n) is 6.85. The molecule has 4 atom stereocenters. The average molecular weight is 356 g/mol. The van der Waals surface area contributed by atoms with Crippen molar-refractivity contribution in [1.29, 1.82) is 5.26 Å². The van der Waals surface area contributed by atoms with Gasteiger partial charge < -0.3 is 5.32 Å². The van der Waals surface area contributed by atoms with E-state index in [0.29, 0.717) is 12.3 Å². The Kier molecular flexibility index (Phi) is 4.01. The summed E-state index contributed by atoms with van der Waals surface area (Å²) in [7, 11) is 0. The maximum Gasteiger partial charge on any atom is 0.224 e. The number of fused-ring (bicyclic) bond motifs is 5. The summed E-state index contributed by atoms with van der Waals surface area (Å²) in [5, 5.41) is 12.6. The fraction of sp³-hybridized carbons (Fsp3) is 0.417. The zero-order valence-electron chi connectivity index (χ0n) is 15.4. The molecule has 0 saturated heterocycles. The van der Waals surface area contributed by atoms with Gasteiger partial charge in [0.2, 0.25) is 5.91 Å². The predicted molar refractivity (Wildman–Crippen MR) is 105 cm³/mol. The molecule has 3 aliphatic rings. The maximum atomic E-state index is 12.7. The molecule has 1 N–H and O–H groups in total. The molecule has 0 spiro atoms. The van der Waals surface area contributed by atoms with Crippen molar-refractivity contribution in [2.75, 3.05) is 0 Å². The van der Waals surface area contributed by atoms with Crippen molar-refractivity contribution in [3.05, 3.63) is 59.2 Å². The first-order valence-corrected chi connectivity index (χ1v) is 10.1. The molecule has 2 unspecified atom stereocenters. The lowest BCUT2D eigenvalue weighted by atomic mass is 9.88. The lowest BCUT2D eigenvalue weighted by molar-refractivity contribution is -0.126. The Morgan fingerprint density at radius 3 is 2.74 bits per heavy atom. The van der Waals surface area contributed by atoms with Crippen LogP contribution < -0.4 is 5.32 Å². The fourth-order valence-electron chi connectivity index (χ4n) is 5.51. The minimum Gasteiger partial charge on any atom is -0.340 e. The number of carbonyl (C=O) groups excluding carboxylic acids is 1. The van der Waals surface area contributed by atoms with Crippen molar-refractivity contribution >= 4 is 5.91 Å². The van der Waals surface area contributed by atoms with Gasteiger partial charge in [-0.2, -0.15) is 5.26 Å². The molecule has 3 heteroatoms. The van der Waals surface area contributed by atoms with Crippen LogP contribution in [-0.4, -0.2) is 11.9 Å². The topological polar surface area (TPSA) is 52.9 Å². The van der Waals surface area contributed by atoms with Crippen LogP contribution in [0.5, 0.6) is 0 Å². The highest BCUT2D eigenvalue weighted by Gasteiger charge is 2.43. The lowest BCUT2D eigenvalue weighted by Crippen LogP contribution is -2.41. The second-order valence-electron chi connectivity index (χ2n) is 8.50. The second-order valence-corrected chi connectivity index (χ2v) is 8.50. The van der Waals surface area contributed by atoms with Crippen LogP contribution in [0.2, 0.25) is 0 Å². The molecule has 0 heterocycles. The highest BCUT2D eigenvalue weighted by Crippen LogP contribution is 2.48. The third kappa shape index (κ3) is 2.94. The van der Waals surface area contributed by atoms with Crippen molar-refractivity contribution in [3.63, 3.8) is 0 Å². The zero-order chi connectivity index (χ0) is 18.4. The minimum absolute atomic E-state index is 0.0975. The standard InChI is InChI=1S/C24H24N2O/c25-14-20(26-24(27)23-12-15-5-7-18(23)9-15)10-16-6-8-19-13-17-3-1-2-4-21(17)22(19)11-16/h1-4,6,8,11,15,18,20,23H,5,7,9-10,12-13H2,(H,26,27)/t15-,18+,20?,23?/m1/s1. The molecule has 2 fully saturated rings. The monoisotopic (exact) mass is 356 g/mol. The van der Waals surface area contributed by atoms with E-state index in [0.717, 1.165) is 24.3 Å². The Labute approximate surface area is 160 Å². The van der Waals surface area contributed by atoms with Gasteiger partial charge in [0.25, 0.3) is 0 Å². The first-order chi connectivity index (χ1) is 13.2. The fourth-order valence-corrected chi connectivity index (χ4v) is 5.51. The van der Waals surface area contributed by atoms with Crippen molar-refractivity contribution in [2.24, 2.45) is 17.8 Å². The molecule has 1 amide bonds. The molecule has 2 bridgehead atoms. The first kappa shape index (κ1) is 16.6.